The molecule has 3 N–H and O–H groups in total. The van der Waals surface area contributed by atoms with Crippen LogP contribution in [0, 0.1) is 0 Å². The highest BCUT2D eigenvalue weighted by Crippen LogP contribution is 2.21. The first-order chi connectivity index (χ1) is 14.4. The second-order valence-corrected chi connectivity index (χ2v) is 7.82. The molecule has 0 aliphatic carbocycles. The molecule has 1 fully saturated rings. The number of nitrogens with zero attached hydrogens (tertiary/aromatic N) is 1. The summed E-state index contributed by atoms with van der Waals surface area (Å²) in [6.07, 6.45) is 1.42. The van der Waals surface area contributed by atoms with Gasteiger partial charge in [-0.05, 0) is 36.2 Å². The molecule has 0 unspecified atom stereocenters. The van der Waals surface area contributed by atoms with Crippen LogP contribution in [-0.2, 0) is 9.59 Å². The summed E-state index contributed by atoms with van der Waals surface area (Å²) in [6.45, 7) is 1.35. The summed E-state index contributed by atoms with van der Waals surface area (Å²) < 4.78 is 0. The average molecular weight is 410 g/mol. The van der Waals surface area contributed by atoms with E-state index in [0.717, 1.165) is 24.2 Å². The number of hydrogen-bond donors (Lipinski definition) is 3. The predicted molar refractivity (Wildman–Crippen MR) is 115 cm³/mol. The Hall–Kier alpha value is -3.19. The van der Waals surface area contributed by atoms with Gasteiger partial charge in [0.25, 0.3) is 5.91 Å². The van der Waals surface area contributed by atoms with Crippen LogP contribution in [0.2, 0.25) is 0 Å². The van der Waals surface area contributed by atoms with Gasteiger partial charge in [-0.15, -0.1) is 0 Å². The molecule has 30 heavy (non-hydrogen) atoms. The maximum atomic E-state index is 12.4. The number of anilines is 1. The van der Waals surface area contributed by atoms with Crippen molar-refractivity contribution in [2.45, 2.75) is 18.9 Å². The number of hydrogen-bond acceptors (Lipinski definition) is 3. The number of quaternary nitrogens is 1. The predicted octanol–water partition coefficient (Wildman–Crippen LogP) is 0.545. The zero-order valence-electron chi connectivity index (χ0n) is 17.5. The van der Waals surface area contributed by atoms with Crippen LogP contribution < -0.4 is 20.4 Å². The van der Waals surface area contributed by atoms with E-state index in [-0.39, 0.29) is 30.3 Å². The number of benzene rings is 2. The maximum Gasteiger partial charge on any atom is 0.251 e. The van der Waals surface area contributed by atoms with Gasteiger partial charge in [0.05, 0.1) is 20.6 Å². The summed E-state index contributed by atoms with van der Waals surface area (Å²) in [5.41, 5.74) is 2.28. The third-order valence-corrected chi connectivity index (χ3v) is 5.07. The van der Waals surface area contributed by atoms with Crippen LogP contribution in [0.25, 0.3) is 0 Å². The van der Waals surface area contributed by atoms with Crippen molar-refractivity contribution in [2.24, 2.45) is 0 Å². The number of carbonyl (C=O) groups excluding carboxylic acids is 3. The molecule has 2 aromatic rings. The van der Waals surface area contributed by atoms with E-state index in [1.807, 2.05) is 44.4 Å². The molecule has 158 valence electrons. The van der Waals surface area contributed by atoms with Crippen molar-refractivity contribution < 1.29 is 19.3 Å². The molecule has 1 aliphatic heterocycles. The zero-order valence-corrected chi connectivity index (χ0v) is 17.5. The van der Waals surface area contributed by atoms with E-state index in [2.05, 4.69) is 10.6 Å². The van der Waals surface area contributed by atoms with Crippen molar-refractivity contribution in [1.29, 1.82) is 0 Å². The van der Waals surface area contributed by atoms with Gasteiger partial charge in [0, 0.05) is 24.2 Å². The average Bonchev–Trinajstić information content (AvgIpc) is 3.18. The highest BCUT2D eigenvalue weighted by molar-refractivity contribution is 5.98. The Morgan fingerprint density at radius 2 is 1.77 bits per heavy atom. The second-order valence-electron chi connectivity index (χ2n) is 7.82. The van der Waals surface area contributed by atoms with Crippen molar-refractivity contribution >= 4 is 23.4 Å². The maximum absolute atomic E-state index is 12.4. The molecule has 0 saturated carbocycles. The van der Waals surface area contributed by atoms with Gasteiger partial charge in [0.1, 0.15) is 12.6 Å². The monoisotopic (exact) mass is 409 g/mol. The molecule has 1 atom stereocenters. The molecular weight excluding hydrogens is 380 g/mol. The summed E-state index contributed by atoms with van der Waals surface area (Å²) >= 11 is 0. The second kappa shape index (κ2) is 10.0. The summed E-state index contributed by atoms with van der Waals surface area (Å²) in [4.78, 5) is 39.6. The molecular formula is C23H29N4O3+. The highest BCUT2D eigenvalue weighted by atomic mass is 16.2. The van der Waals surface area contributed by atoms with Gasteiger partial charge in [-0.1, -0.05) is 30.3 Å². The molecule has 2 aromatic carbocycles. The Labute approximate surface area is 177 Å². The lowest BCUT2D eigenvalue weighted by atomic mass is 10.1. The van der Waals surface area contributed by atoms with Crippen molar-refractivity contribution in [1.82, 2.24) is 10.6 Å². The van der Waals surface area contributed by atoms with E-state index >= 15 is 0 Å². The molecule has 0 aromatic heterocycles. The molecule has 7 nitrogen and oxygen atoms in total. The number of amides is 3. The van der Waals surface area contributed by atoms with Crippen LogP contribution in [0.3, 0.4) is 0 Å². The van der Waals surface area contributed by atoms with E-state index in [9.17, 15) is 14.4 Å². The van der Waals surface area contributed by atoms with Crippen molar-refractivity contribution in [3.05, 3.63) is 65.7 Å². The Morgan fingerprint density at radius 1 is 1.07 bits per heavy atom. The lowest BCUT2D eigenvalue weighted by Gasteiger charge is -2.21. The van der Waals surface area contributed by atoms with Crippen LogP contribution in [-0.4, -0.2) is 51.5 Å². The van der Waals surface area contributed by atoms with Crippen molar-refractivity contribution in [3.63, 3.8) is 0 Å². The van der Waals surface area contributed by atoms with E-state index in [4.69, 9.17) is 0 Å². The van der Waals surface area contributed by atoms with E-state index < -0.39 is 0 Å². The molecule has 1 saturated heterocycles. The summed E-state index contributed by atoms with van der Waals surface area (Å²) in [5.74, 6) is -0.451. The minimum Gasteiger partial charge on any atom is -0.343 e. The Bertz CT molecular complexity index is 881. The highest BCUT2D eigenvalue weighted by Gasteiger charge is 2.22. The smallest absolute Gasteiger partial charge is 0.251 e. The van der Waals surface area contributed by atoms with Gasteiger partial charge in [-0.2, -0.15) is 0 Å². The van der Waals surface area contributed by atoms with Gasteiger partial charge < -0.3 is 20.4 Å². The molecule has 1 heterocycles. The summed E-state index contributed by atoms with van der Waals surface area (Å²) in [6, 6.07) is 16.6. The number of likely N-dealkylation sites (N-methyl/N-ethyl adjacent to an activating group) is 1. The first kappa shape index (κ1) is 21.5. The Kier molecular flexibility index (Phi) is 7.19. The van der Waals surface area contributed by atoms with Gasteiger partial charge in [-0.3, -0.25) is 14.4 Å². The van der Waals surface area contributed by atoms with Crippen LogP contribution in [0.5, 0.6) is 0 Å². The Balaban J connectivity index is 1.54. The molecule has 0 bridgehead atoms. The molecule has 3 amide bonds. The Morgan fingerprint density at radius 3 is 2.37 bits per heavy atom. The number of carbonyl (C=O) groups is 3. The molecule has 0 spiro atoms. The van der Waals surface area contributed by atoms with Gasteiger partial charge in [-0.25, -0.2) is 0 Å². The molecule has 1 aliphatic rings. The van der Waals surface area contributed by atoms with E-state index in [0.29, 0.717) is 18.5 Å². The van der Waals surface area contributed by atoms with Gasteiger partial charge in [0.2, 0.25) is 11.8 Å². The standard InChI is InChI=1S/C23H28N4O3/c1-26(2)16-20(17-7-4-3-5-8-17)25-21(28)15-24-23(30)18-10-12-19(13-11-18)27-14-6-9-22(27)29/h3-5,7-8,10-13,20H,6,9,14-16H2,1-2H3,(H,24,30)(H,25,28)/p+1/t20-/m1/s1. The molecule has 0 radical (unpaired) electrons. The van der Waals surface area contributed by atoms with Crippen LogP contribution in [0.4, 0.5) is 5.69 Å². The van der Waals surface area contributed by atoms with Gasteiger partial charge >= 0.3 is 0 Å². The van der Waals surface area contributed by atoms with Crippen molar-refractivity contribution in [2.75, 3.05) is 38.6 Å². The third kappa shape index (κ3) is 5.67. The van der Waals surface area contributed by atoms with E-state index in [1.54, 1.807) is 29.2 Å². The van der Waals surface area contributed by atoms with E-state index in [1.165, 1.54) is 4.90 Å². The molecule has 7 heteroatoms. The minimum absolute atomic E-state index is 0.0999. The molecule has 3 rings (SSSR count). The minimum atomic E-state index is -0.320. The lowest BCUT2D eigenvalue weighted by Crippen LogP contribution is -3.06. The SMILES string of the molecule is C[NH+](C)C[C@@H](NC(=O)CNC(=O)c1ccc(N2CCCC2=O)cc1)c1ccccc1. The first-order valence-corrected chi connectivity index (χ1v) is 10.3. The number of rotatable bonds is 8. The quantitative estimate of drug-likeness (QED) is 0.595. The normalized spacial score (nSPS) is 14.6. The van der Waals surface area contributed by atoms with Crippen molar-refractivity contribution in [3.8, 4) is 0 Å². The fourth-order valence-electron chi connectivity index (χ4n) is 3.57. The van der Waals surface area contributed by atoms with Crippen LogP contribution >= 0.6 is 0 Å². The lowest BCUT2D eigenvalue weighted by molar-refractivity contribution is -0.860. The third-order valence-electron chi connectivity index (χ3n) is 5.07. The summed E-state index contributed by atoms with van der Waals surface area (Å²) in [7, 11) is 4.06. The first-order valence-electron chi connectivity index (χ1n) is 10.3. The fourth-order valence-corrected chi connectivity index (χ4v) is 3.57. The van der Waals surface area contributed by atoms with Crippen LogP contribution in [0.15, 0.2) is 54.6 Å². The van der Waals surface area contributed by atoms with Crippen LogP contribution in [0.1, 0.15) is 34.8 Å². The summed E-state index contributed by atoms with van der Waals surface area (Å²) in [5, 5.41) is 5.67. The number of nitrogens with one attached hydrogen (secondary N) is 3. The van der Waals surface area contributed by atoms with Gasteiger partial charge in [0.15, 0.2) is 0 Å². The largest absolute Gasteiger partial charge is 0.343 e. The fraction of sp³-hybridized carbons (Fsp3) is 0.348. The topological polar surface area (TPSA) is 82.9 Å². The zero-order chi connectivity index (χ0) is 21.5.